The summed E-state index contributed by atoms with van der Waals surface area (Å²) in [5, 5.41) is 5.37. The van der Waals surface area contributed by atoms with Crippen molar-refractivity contribution in [3.05, 3.63) is 35.4 Å². The van der Waals surface area contributed by atoms with Gasteiger partial charge in [-0.2, -0.15) is 0 Å². The molecule has 2 fully saturated rings. The van der Waals surface area contributed by atoms with Crippen molar-refractivity contribution in [2.75, 3.05) is 18.1 Å². The first-order valence-corrected chi connectivity index (χ1v) is 11.7. The van der Waals surface area contributed by atoms with Gasteiger partial charge in [-0.3, -0.25) is 14.5 Å². The monoisotopic (exact) mass is 435 g/mol. The molecule has 0 bridgehead atoms. The van der Waals surface area contributed by atoms with Crippen molar-refractivity contribution in [2.45, 2.75) is 57.5 Å². The fourth-order valence-electron chi connectivity index (χ4n) is 3.97. The third-order valence-corrected chi connectivity index (χ3v) is 7.75. The summed E-state index contributed by atoms with van der Waals surface area (Å²) >= 11 is 0. The van der Waals surface area contributed by atoms with Crippen molar-refractivity contribution < 1.29 is 22.8 Å². The molecule has 2 atom stereocenters. The molecule has 1 aromatic carbocycles. The van der Waals surface area contributed by atoms with Crippen LogP contribution in [-0.4, -0.2) is 54.8 Å². The van der Waals surface area contributed by atoms with Crippen LogP contribution in [0.25, 0.3) is 0 Å². The van der Waals surface area contributed by atoms with E-state index in [1.807, 2.05) is 24.3 Å². The molecule has 8 nitrogen and oxygen atoms in total. The number of urea groups is 1. The molecule has 0 spiro atoms. The second-order valence-electron chi connectivity index (χ2n) is 9.72. The SMILES string of the molecule is CC1(NC(=O)CN2C(=O)NC(C)(c3ccc(C(C)(C)C)cc3)C2=O)CCS(=O)(=O)C1. The summed E-state index contributed by atoms with van der Waals surface area (Å²) in [5.74, 6) is -1.22. The van der Waals surface area contributed by atoms with E-state index in [4.69, 9.17) is 0 Å². The Morgan fingerprint density at radius 2 is 1.77 bits per heavy atom. The van der Waals surface area contributed by atoms with E-state index < -0.39 is 45.3 Å². The Labute approximate surface area is 177 Å². The van der Waals surface area contributed by atoms with Crippen molar-refractivity contribution in [2.24, 2.45) is 0 Å². The van der Waals surface area contributed by atoms with Crippen molar-refractivity contribution in [3.8, 4) is 0 Å². The lowest BCUT2D eigenvalue weighted by molar-refractivity contribution is -0.135. The Balaban J connectivity index is 1.73. The predicted molar refractivity (Wildman–Crippen MR) is 113 cm³/mol. The van der Waals surface area contributed by atoms with Gasteiger partial charge in [0.1, 0.15) is 12.1 Å². The maximum Gasteiger partial charge on any atom is 0.325 e. The Morgan fingerprint density at radius 1 is 1.17 bits per heavy atom. The minimum absolute atomic E-state index is 0.00947. The maximum atomic E-state index is 13.0. The van der Waals surface area contributed by atoms with Gasteiger partial charge in [0.15, 0.2) is 9.84 Å². The minimum atomic E-state index is -3.19. The molecule has 0 aliphatic carbocycles. The zero-order valence-corrected chi connectivity index (χ0v) is 18.9. The zero-order chi connectivity index (χ0) is 22.5. The molecule has 0 saturated carbocycles. The molecule has 2 heterocycles. The third-order valence-electron chi connectivity index (χ3n) is 5.85. The Bertz CT molecular complexity index is 996. The van der Waals surface area contributed by atoms with Crippen molar-refractivity contribution >= 4 is 27.7 Å². The first-order chi connectivity index (χ1) is 13.7. The highest BCUT2D eigenvalue weighted by Crippen LogP contribution is 2.31. The van der Waals surface area contributed by atoms with Gasteiger partial charge in [0, 0.05) is 0 Å². The number of nitrogens with zero attached hydrogens (tertiary/aromatic N) is 1. The molecule has 2 saturated heterocycles. The number of sulfone groups is 1. The van der Waals surface area contributed by atoms with Crippen LogP contribution in [0.5, 0.6) is 0 Å². The van der Waals surface area contributed by atoms with Crippen LogP contribution in [0.1, 0.15) is 52.2 Å². The number of rotatable bonds is 4. The fraction of sp³-hybridized carbons (Fsp3) is 0.571. The van der Waals surface area contributed by atoms with Crippen LogP contribution < -0.4 is 10.6 Å². The molecule has 0 aromatic heterocycles. The molecular weight excluding hydrogens is 406 g/mol. The highest BCUT2D eigenvalue weighted by molar-refractivity contribution is 7.91. The van der Waals surface area contributed by atoms with Crippen LogP contribution in [0, 0.1) is 0 Å². The second kappa shape index (κ2) is 7.08. The lowest BCUT2D eigenvalue weighted by Crippen LogP contribution is -2.51. The van der Waals surface area contributed by atoms with E-state index in [2.05, 4.69) is 31.4 Å². The number of amides is 4. The standard InChI is InChI=1S/C21H29N3O5S/c1-19(2,3)14-6-8-15(9-7-14)21(5)17(26)24(18(27)23-21)12-16(25)22-20(4)10-11-30(28,29)13-20/h6-9H,10-13H2,1-5H3,(H,22,25)(H,23,27). The van der Waals surface area contributed by atoms with Gasteiger partial charge in [-0.1, -0.05) is 45.0 Å². The summed E-state index contributed by atoms with van der Waals surface area (Å²) in [4.78, 5) is 38.9. The molecule has 2 N–H and O–H groups in total. The maximum absolute atomic E-state index is 13.0. The largest absolute Gasteiger partial charge is 0.348 e. The summed E-state index contributed by atoms with van der Waals surface area (Å²) in [5.41, 5.74) is -0.473. The topological polar surface area (TPSA) is 113 Å². The lowest BCUT2D eigenvalue weighted by Gasteiger charge is -2.26. The summed E-state index contributed by atoms with van der Waals surface area (Å²) in [6.45, 7) is 9.06. The average molecular weight is 436 g/mol. The third kappa shape index (κ3) is 4.21. The molecular formula is C21H29N3O5S. The van der Waals surface area contributed by atoms with Gasteiger partial charge < -0.3 is 10.6 Å². The van der Waals surface area contributed by atoms with Gasteiger partial charge in [-0.15, -0.1) is 0 Å². The number of benzene rings is 1. The highest BCUT2D eigenvalue weighted by atomic mass is 32.2. The molecule has 2 aliphatic heterocycles. The Kier molecular flexibility index (Phi) is 5.25. The molecule has 1 aromatic rings. The number of carbonyl (C=O) groups is 3. The van der Waals surface area contributed by atoms with Crippen LogP contribution in [0.4, 0.5) is 4.79 Å². The van der Waals surface area contributed by atoms with Crippen LogP contribution in [0.3, 0.4) is 0 Å². The van der Waals surface area contributed by atoms with Crippen molar-refractivity contribution in [1.29, 1.82) is 0 Å². The molecule has 4 amide bonds. The van der Waals surface area contributed by atoms with Crippen LogP contribution in [0.15, 0.2) is 24.3 Å². The van der Waals surface area contributed by atoms with E-state index in [1.54, 1.807) is 13.8 Å². The van der Waals surface area contributed by atoms with Gasteiger partial charge in [-0.05, 0) is 36.8 Å². The average Bonchev–Trinajstić information content (AvgIpc) is 3.01. The number of hydrogen-bond donors (Lipinski definition) is 2. The predicted octanol–water partition coefficient (Wildman–Crippen LogP) is 1.44. The number of imide groups is 1. The number of hydrogen-bond acceptors (Lipinski definition) is 5. The normalized spacial score (nSPS) is 28.5. The molecule has 9 heteroatoms. The van der Waals surface area contributed by atoms with E-state index >= 15 is 0 Å². The van der Waals surface area contributed by atoms with Gasteiger partial charge in [0.25, 0.3) is 5.91 Å². The quantitative estimate of drug-likeness (QED) is 0.695. The van der Waals surface area contributed by atoms with Gasteiger partial charge in [-0.25, -0.2) is 13.2 Å². The van der Waals surface area contributed by atoms with Crippen LogP contribution >= 0.6 is 0 Å². The zero-order valence-electron chi connectivity index (χ0n) is 18.0. The van der Waals surface area contributed by atoms with Crippen molar-refractivity contribution in [1.82, 2.24) is 15.5 Å². The van der Waals surface area contributed by atoms with E-state index in [-0.39, 0.29) is 16.9 Å². The lowest BCUT2D eigenvalue weighted by atomic mass is 9.84. The van der Waals surface area contributed by atoms with Crippen LogP contribution in [0.2, 0.25) is 0 Å². The Morgan fingerprint density at radius 3 is 2.27 bits per heavy atom. The molecule has 30 heavy (non-hydrogen) atoms. The molecule has 164 valence electrons. The minimum Gasteiger partial charge on any atom is -0.348 e. The first-order valence-electron chi connectivity index (χ1n) is 9.92. The number of carbonyl (C=O) groups excluding carboxylic acids is 3. The highest BCUT2D eigenvalue weighted by Gasteiger charge is 2.50. The molecule has 2 unspecified atom stereocenters. The molecule has 3 rings (SSSR count). The summed E-state index contributed by atoms with van der Waals surface area (Å²) in [7, 11) is -3.19. The number of nitrogens with one attached hydrogen (secondary N) is 2. The summed E-state index contributed by atoms with van der Waals surface area (Å²) in [6, 6.07) is 6.83. The van der Waals surface area contributed by atoms with Crippen molar-refractivity contribution in [3.63, 3.8) is 0 Å². The van der Waals surface area contributed by atoms with E-state index in [0.29, 0.717) is 12.0 Å². The second-order valence-corrected chi connectivity index (χ2v) is 11.9. The van der Waals surface area contributed by atoms with E-state index in [1.165, 1.54) is 0 Å². The molecule has 2 aliphatic rings. The Hall–Kier alpha value is -2.42. The van der Waals surface area contributed by atoms with E-state index in [9.17, 15) is 22.8 Å². The summed E-state index contributed by atoms with van der Waals surface area (Å²) < 4.78 is 23.4. The van der Waals surface area contributed by atoms with Gasteiger partial charge in [0.05, 0.1) is 17.0 Å². The van der Waals surface area contributed by atoms with Crippen LogP contribution in [-0.2, 0) is 30.4 Å². The molecule has 0 radical (unpaired) electrons. The first kappa shape index (κ1) is 22.3. The fourth-order valence-corrected chi connectivity index (χ4v) is 6.06. The van der Waals surface area contributed by atoms with E-state index in [0.717, 1.165) is 10.5 Å². The van der Waals surface area contributed by atoms with Gasteiger partial charge >= 0.3 is 6.03 Å². The summed E-state index contributed by atoms with van der Waals surface area (Å²) in [6.07, 6.45) is 0.305. The van der Waals surface area contributed by atoms with Gasteiger partial charge in [0.2, 0.25) is 5.91 Å². The smallest absolute Gasteiger partial charge is 0.325 e.